The van der Waals surface area contributed by atoms with Crippen molar-refractivity contribution < 1.29 is 33.3 Å². The maximum atomic E-state index is 12.8. The maximum Gasteiger partial charge on any atom is 0.338 e. The second-order valence-corrected chi connectivity index (χ2v) is 8.01. The van der Waals surface area contributed by atoms with E-state index >= 15 is 0 Å². The Hall–Kier alpha value is -3.62. The molecular weight excluding hydrogens is 456 g/mol. The lowest BCUT2D eigenvalue weighted by atomic mass is 10.1. The minimum atomic E-state index is -1.05. The Balaban J connectivity index is 1.51. The van der Waals surface area contributed by atoms with E-state index in [4.69, 9.17) is 18.9 Å². The first-order chi connectivity index (χ1) is 16.5. The van der Waals surface area contributed by atoms with Gasteiger partial charge in [-0.15, -0.1) is 12.6 Å². The first-order valence-electron chi connectivity index (χ1n) is 10.6. The van der Waals surface area contributed by atoms with Crippen molar-refractivity contribution >= 4 is 30.5 Å². The first kappa shape index (κ1) is 23.5. The van der Waals surface area contributed by atoms with Crippen LogP contribution in [-0.4, -0.2) is 48.3 Å². The lowest BCUT2D eigenvalue weighted by Crippen LogP contribution is -2.41. The minimum absolute atomic E-state index is 0.225. The van der Waals surface area contributed by atoms with E-state index in [1.165, 1.54) is 0 Å². The average Bonchev–Trinajstić information content (AvgIpc) is 3.17. The van der Waals surface area contributed by atoms with Gasteiger partial charge in [0.15, 0.2) is 12.2 Å². The fraction of sp³-hybridized carbons (Fsp3) is 0.192. The summed E-state index contributed by atoms with van der Waals surface area (Å²) in [6.45, 7) is -0.225. The van der Waals surface area contributed by atoms with Gasteiger partial charge in [0.25, 0.3) is 0 Å². The normalized spacial score (nSPS) is 21.4. The molecule has 8 heteroatoms. The fourth-order valence-corrected chi connectivity index (χ4v) is 3.84. The second kappa shape index (κ2) is 11.0. The second-order valence-electron chi connectivity index (χ2n) is 7.50. The molecule has 1 heterocycles. The van der Waals surface area contributed by atoms with E-state index in [0.717, 1.165) is 0 Å². The maximum absolute atomic E-state index is 12.8. The van der Waals surface area contributed by atoms with Gasteiger partial charge in [0.05, 0.1) is 16.7 Å². The molecule has 1 fully saturated rings. The van der Waals surface area contributed by atoms with Gasteiger partial charge in [-0.1, -0.05) is 54.6 Å². The summed E-state index contributed by atoms with van der Waals surface area (Å²) in [6.07, 6.45) is -2.97. The summed E-state index contributed by atoms with van der Waals surface area (Å²) < 4.78 is 22.5. The van der Waals surface area contributed by atoms with E-state index in [0.29, 0.717) is 16.7 Å². The molecule has 1 saturated heterocycles. The third-order valence-electron chi connectivity index (χ3n) is 5.18. The highest BCUT2D eigenvalue weighted by molar-refractivity contribution is 7.80. The number of rotatable bonds is 7. The van der Waals surface area contributed by atoms with Gasteiger partial charge < -0.3 is 18.9 Å². The minimum Gasteiger partial charge on any atom is -0.459 e. The highest BCUT2D eigenvalue weighted by Crippen LogP contribution is 2.31. The largest absolute Gasteiger partial charge is 0.459 e. The summed E-state index contributed by atoms with van der Waals surface area (Å²) in [5, 5.41) is 0. The summed E-state index contributed by atoms with van der Waals surface area (Å²) in [4.78, 5) is 37.8. The summed E-state index contributed by atoms with van der Waals surface area (Å²) in [6, 6.07) is 25.3. The molecule has 1 aliphatic rings. The molecule has 3 aromatic rings. The van der Waals surface area contributed by atoms with E-state index in [1.807, 2.05) is 0 Å². The SMILES string of the molecule is O=C(OC[C@H]1O[C@@H](S)[C@@H](OC(=O)c2ccccc2)C1OC(=O)c1ccccc1)c1ccccc1. The number of carbonyl (C=O) groups is 3. The van der Waals surface area contributed by atoms with Crippen molar-refractivity contribution in [3.05, 3.63) is 108 Å². The van der Waals surface area contributed by atoms with Gasteiger partial charge in [-0.25, -0.2) is 14.4 Å². The summed E-state index contributed by atoms with van der Waals surface area (Å²) >= 11 is 4.39. The number of ether oxygens (including phenoxy) is 4. The Morgan fingerprint density at radius 1 is 0.647 bits per heavy atom. The molecule has 1 aliphatic heterocycles. The zero-order valence-corrected chi connectivity index (χ0v) is 18.9. The summed E-state index contributed by atoms with van der Waals surface area (Å²) in [5.74, 6) is -1.80. The zero-order valence-electron chi connectivity index (χ0n) is 18.0. The fourth-order valence-electron chi connectivity index (χ4n) is 3.46. The Morgan fingerprint density at radius 3 is 1.53 bits per heavy atom. The molecule has 7 nitrogen and oxygen atoms in total. The molecule has 4 atom stereocenters. The molecule has 1 unspecified atom stereocenters. The Kier molecular flexibility index (Phi) is 7.61. The molecule has 0 aromatic heterocycles. The van der Waals surface area contributed by atoms with Crippen LogP contribution < -0.4 is 0 Å². The summed E-state index contributed by atoms with van der Waals surface area (Å²) in [7, 11) is 0. The van der Waals surface area contributed by atoms with Gasteiger partial charge in [0.1, 0.15) is 18.1 Å². The van der Waals surface area contributed by atoms with Gasteiger partial charge in [-0.2, -0.15) is 0 Å². The number of esters is 3. The van der Waals surface area contributed by atoms with Crippen LogP contribution in [0.2, 0.25) is 0 Å². The third-order valence-corrected chi connectivity index (χ3v) is 5.59. The van der Waals surface area contributed by atoms with Crippen LogP contribution in [0.4, 0.5) is 0 Å². The highest BCUT2D eigenvalue weighted by Gasteiger charge is 2.49. The molecule has 3 aromatic carbocycles. The molecule has 0 bridgehead atoms. The van der Waals surface area contributed by atoms with E-state index in [1.54, 1.807) is 91.0 Å². The van der Waals surface area contributed by atoms with Crippen LogP contribution in [0.5, 0.6) is 0 Å². The number of hydrogen-bond acceptors (Lipinski definition) is 8. The molecule has 34 heavy (non-hydrogen) atoms. The van der Waals surface area contributed by atoms with Crippen molar-refractivity contribution in [3.63, 3.8) is 0 Å². The first-order valence-corrected chi connectivity index (χ1v) is 11.1. The van der Waals surface area contributed by atoms with Crippen LogP contribution in [0.3, 0.4) is 0 Å². The van der Waals surface area contributed by atoms with Crippen molar-refractivity contribution in [2.45, 2.75) is 23.7 Å². The van der Waals surface area contributed by atoms with Gasteiger partial charge in [-0.05, 0) is 36.4 Å². The number of hydrogen-bond donors (Lipinski definition) is 1. The highest BCUT2D eigenvalue weighted by atomic mass is 32.1. The lowest BCUT2D eigenvalue weighted by molar-refractivity contribution is -0.0435. The van der Waals surface area contributed by atoms with Crippen molar-refractivity contribution in [2.75, 3.05) is 6.61 Å². The van der Waals surface area contributed by atoms with E-state index in [2.05, 4.69) is 12.6 Å². The van der Waals surface area contributed by atoms with Crippen LogP contribution in [0, 0.1) is 0 Å². The van der Waals surface area contributed by atoms with Crippen LogP contribution >= 0.6 is 12.6 Å². The number of thiol groups is 1. The van der Waals surface area contributed by atoms with E-state index < -0.39 is 41.7 Å². The molecule has 0 spiro atoms. The molecule has 0 N–H and O–H groups in total. The summed E-state index contributed by atoms with van der Waals surface area (Å²) in [5.41, 5.74) is 0.114. The molecule has 4 rings (SSSR count). The number of benzene rings is 3. The topological polar surface area (TPSA) is 88.1 Å². The van der Waals surface area contributed by atoms with Crippen LogP contribution in [0.1, 0.15) is 31.1 Å². The molecule has 174 valence electrons. The van der Waals surface area contributed by atoms with Gasteiger partial charge in [0.2, 0.25) is 0 Å². The lowest BCUT2D eigenvalue weighted by Gasteiger charge is -2.23. The van der Waals surface area contributed by atoms with Gasteiger partial charge in [0, 0.05) is 0 Å². The predicted octanol–water partition coefficient (Wildman–Crippen LogP) is 3.95. The molecule has 0 saturated carbocycles. The van der Waals surface area contributed by atoms with Crippen LogP contribution in [0.25, 0.3) is 0 Å². The smallest absolute Gasteiger partial charge is 0.338 e. The van der Waals surface area contributed by atoms with Gasteiger partial charge >= 0.3 is 17.9 Å². The molecule has 0 amide bonds. The average molecular weight is 479 g/mol. The van der Waals surface area contributed by atoms with Crippen molar-refractivity contribution in [1.29, 1.82) is 0 Å². The zero-order chi connectivity index (χ0) is 23.9. The van der Waals surface area contributed by atoms with Gasteiger partial charge in [-0.3, -0.25) is 0 Å². The van der Waals surface area contributed by atoms with E-state index in [-0.39, 0.29) is 6.61 Å². The molecular formula is C26H22O7S. The number of carbonyl (C=O) groups excluding carboxylic acids is 3. The van der Waals surface area contributed by atoms with E-state index in [9.17, 15) is 14.4 Å². The molecule has 0 aliphatic carbocycles. The van der Waals surface area contributed by atoms with Crippen molar-refractivity contribution in [2.24, 2.45) is 0 Å². The van der Waals surface area contributed by atoms with Crippen LogP contribution in [0.15, 0.2) is 91.0 Å². The monoisotopic (exact) mass is 478 g/mol. The van der Waals surface area contributed by atoms with Crippen molar-refractivity contribution in [3.8, 4) is 0 Å². The van der Waals surface area contributed by atoms with Crippen molar-refractivity contribution in [1.82, 2.24) is 0 Å². The quantitative estimate of drug-likeness (QED) is 0.313. The Labute approximate surface area is 202 Å². The third kappa shape index (κ3) is 5.65. The van der Waals surface area contributed by atoms with Crippen LogP contribution in [-0.2, 0) is 18.9 Å². The Morgan fingerprint density at radius 2 is 1.06 bits per heavy atom. The standard InChI is InChI=1S/C26H22O7S/c27-23(17-10-4-1-5-11-17)30-16-20-21(32-24(28)18-12-6-2-7-13-18)22(26(34)31-20)33-25(29)19-14-8-3-9-15-19/h1-15,20-22,26,34H,16H2/t20-,21?,22+,26+/m1/s1. The molecule has 0 radical (unpaired) electrons. The predicted molar refractivity (Wildman–Crippen MR) is 126 cm³/mol. The Bertz CT molecular complexity index is 1120.